The lowest BCUT2D eigenvalue weighted by atomic mass is 10.2. The van der Waals surface area contributed by atoms with Crippen LogP contribution in [0, 0.1) is 0 Å². The van der Waals surface area contributed by atoms with Crippen molar-refractivity contribution >= 4 is 28.0 Å². The molecule has 0 spiro atoms. The lowest BCUT2D eigenvalue weighted by molar-refractivity contribution is 0.327. The molecular formula is C20H20N6O5S. The molecule has 0 amide bonds. The summed E-state index contributed by atoms with van der Waals surface area (Å²) in [6.45, 7) is 2.32. The Morgan fingerprint density at radius 2 is 1.72 bits per heavy atom. The van der Waals surface area contributed by atoms with Crippen LogP contribution in [-0.4, -0.2) is 53.7 Å². The first-order valence-electron chi connectivity index (χ1n) is 9.53. The molecule has 0 unspecified atom stereocenters. The average molecular weight is 456 g/mol. The second kappa shape index (κ2) is 9.06. The normalized spacial score (nSPS) is 11.0. The number of rotatable bonds is 8. The standard InChI is InChI=1S/C20H20N6O5S/c1-4-31-16-10-5-7-12(22-16)19-24-18-20(23-15(11-21-18)25-32(27)28)26(19)17-13(29-2)8-6-9-14(17)30-3/h5-11,32H,4H2,1-3H3,(H,23,25,27,28). The highest BCUT2D eigenvalue weighted by molar-refractivity contribution is 7.73. The zero-order chi connectivity index (χ0) is 22.7. The first-order valence-corrected chi connectivity index (χ1v) is 10.7. The van der Waals surface area contributed by atoms with Gasteiger partial charge in [-0.1, -0.05) is 12.1 Å². The molecule has 1 aromatic carbocycles. The minimum atomic E-state index is -2.92. The maximum atomic E-state index is 11.2. The molecule has 0 radical (unpaired) electrons. The highest BCUT2D eigenvalue weighted by atomic mass is 32.2. The van der Waals surface area contributed by atoms with Crippen molar-refractivity contribution in [1.29, 1.82) is 0 Å². The van der Waals surface area contributed by atoms with Crippen molar-refractivity contribution in [2.75, 3.05) is 25.5 Å². The number of fused-ring (bicyclic) bond motifs is 1. The van der Waals surface area contributed by atoms with Crippen molar-refractivity contribution in [3.63, 3.8) is 0 Å². The number of anilines is 1. The highest BCUT2D eigenvalue weighted by Crippen LogP contribution is 2.37. The number of methoxy groups -OCH3 is 2. The molecule has 166 valence electrons. The van der Waals surface area contributed by atoms with Gasteiger partial charge in [0.2, 0.25) is 16.8 Å². The van der Waals surface area contributed by atoms with Crippen molar-refractivity contribution in [3.8, 4) is 34.6 Å². The Balaban J connectivity index is 2.07. The minimum Gasteiger partial charge on any atom is -0.494 e. The summed E-state index contributed by atoms with van der Waals surface area (Å²) >= 11 is 0. The molecule has 0 fully saturated rings. The number of ether oxygens (including phenoxy) is 3. The number of benzene rings is 1. The van der Waals surface area contributed by atoms with E-state index in [9.17, 15) is 8.42 Å². The van der Waals surface area contributed by atoms with E-state index < -0.39 is 10.9 Å². The fraction of sp³-hybridized carbons (Fsp3) is 0.200. The van der Waals surface area contributed by atoms with Gasteiger partial charge in [0.1, 0.15) is 22.9 Å². The second-order valence-electron chi connectivity index (χ2n) is 6.35. The number of aromatic nitrogens is 5. The SMILES string of the molecule is CCOc1cccc(-c2nc3ncc(N[SH](=O)=O)nc3n2-c2c(OC)cccc2OC)n1. The average Bonchev–Trinajstić information content (AvgIpc) is 3.17. The summed E-state index contributed by atoms with van der Waals surface area (Å²) in [5.74, 6) is 1.85. The molecule has 1 N–H and O–H groups in total. The summed E-state index contributed by atoms with van der Waals surface area (Å²) in [6, 6.07) is 10.6. The summed E-state index contributed by atoms with van der Waals surface area (Å²) in [6.07, 6.45) is 1.29. The monoisotopic (exact) mass is 456 g/mol. The minimum absolute atomic E-state index is 0.0474. The zero-order valence-electron chi connectivity index (χ0n) is 17.5. The van der Waals surface area contributed by atoms with Crippen LogP contribution in [0.2, 0.25) is 0 Å². The number of nitrogens with zero attached hydrogens (tertiary/aromatic N) is 5. The maximum Gasteiger partial charge on any atom is 0.223 e. The summed E-state index contributed by atoms with van der Waals surface area (Å²) < 4.78 is 42.9. The van der Waals surface area contributed by atoms with Crippen LogP contribution in [0.25, 0.3) is 28.5 Å². The van der Waals surface area contributed by atoms with E-state index in [1.54, 1.807) is 41.0 Å². The van der Waals surface area contributed by atoms with Crippen LogP contribution in [-0.2, 0) is 10.9 Å². The molecule has 0 atom stereocenters. The third-order valence-corrected chi connectivity index (χ3v) is 4.86. The summed E-state index contributed by atoms with van der Waals surface area (Å²) in [5.41, 5.74) is 1.57. The lowest BCUT2D eigenvalue weighted by Crippen LogP contribution is -2.06. The third kappa shape index (κ3) is 3.99. The van der Waals surface area contributed by atoms with E-state index in [0.29, 0.717) is 41.2 Å². The van der Waals surface area contributed by atoms with E-state index in [0.717, 1.165) is 0 Å². The first-order chi connectivity index (χ1) is 15.5. The largest absolute Gasteiger partial charge is 0.494 e. The van der Waals surface area contributed by atoms with Crippen LogP contribution in [0.4, 0.5) is 5.82 Å². The molecule has 0 aliphatic rings. The van der Waals surface area contributed by atoms with E-state index in [1.807, 2.05) is 6.92 Å². The summed E-state index contributed by atoms with van der Waals surface area (Å²) in [7, 11) is 0.146. The van der Waals surface area contributed by atoms with E-state index in [2.05, 4.69) is 24.7 Å². The molecule has 11 nitrogen and oxygen atoms in total. The Kier molecular flexibility index (Phi) is 6.03. The van der Waals surface area contributed by atoms with Crippen molar-refractivity contribution in [2.24, 2.45) is 0 Å². The van der Waals surface area contributed by atoms with Gasteiger partial charge in [0.05, 0.1) is 27.0 Å². The van der Waals surface area contributed by atoms with Gasteiger partial charge in [0, 0.05) is 6.07 Å². The molecule has 0 aliphatic heterocycles. The number of para-hydroxylation sites is 1. The van der Waals surface area contributed by atoms with E-state index in [4.69, 9.17) is 14.2 Å². The second-order valence-corrected chi connectivity index (χ2v) is 7.09. The molecule has 0 aliphatic carbocycles. The molecule has 0 bridgehead atoms. The fourth-order valence-corrected chi connectivity index (χ4v) is 3.50. The van der Waals surface area contributed by atoms with E-state index >= 15 is 0 Å². The Hall–Kier alpha value is -3.93. The van der Waals surface area contributed by atoms with Crippen LogP contribution < -0.4 is 18.9 Å². The van der Waals surface area contributed by atoms with Crippen molar-refractivity contribution < 1.29 is 22.6 Å². The topological polar surface area (TPSA) is 130 Å². The highest BCUT2D eigenvalue weighted by Gasteiger charge is 2.24. The van der Waals surface area contributed by atoms with Gasteiger partial charge in [-0.15, -0.1) is 0 Å². The van der Waals surface area contributed by atoms with Crippen LogP contribution >= 0.6 is 0 Å². The first kappa shape index (κ1) is 21.3. The predicted octanol–water partition coefficient (Wildman–Crippen LogP) is 2.23. The number of imidazole rings is 1. The van der Waals surface area contributed by atoms with Gasteiger partial charge in [0.25, 0.3) is 0 Å². The van der Waals surface area contributed by atoms with E-state index in [-0.39, 0.29) is 17.1 Å². The lowest BCUT2D eigenvalue weighted by Gasteiger charge is -2.16. The molecule has 4 rings (SSSR count). The number of thiol groups is 1. The van der Waals surface area contributed by atoms with Gasteiger partial charge in [-0.25, -0.2) is 28.4 Å². The molecule has 12 heteroatoms. The molecule has 3 heterocycles. The van der Waals surface area contributed by atoms with Crippen LogP contribution in [0.15, 0.2) is 42.6 Å². The summed E-state index contributed by atoms with van der Waals surface area (Å²) in [5, 5.41) is 0. The van der Waals surface area contributed by atoms with Gasteiger partial charge < -0.3 is 14.2 Å². The number of nitrogens with one attached hydrogen (secondary N) is 1. The number of hydrogen-bond acceptors (Lipinski definition) is 9. The Bertz CT molecular complexity index is 1320. The van der Waals surface area contributed by atoms with Gasteiger partial charge in [0.15, 0.2) is 22.9 Å². The smallest absolute Gasteiger partial charge is 0.223 e. The maximum absolute atomic E-state index is 11.2. The van der Waals surface area contributed by atoms with Crippen molar-refractivity contribution in [1.82, 2.24) is 24.5 Å². The Morgan fingerprint density at radius 1 is 1.00 bits per heavy atom. The van der Waals surface area contributed by atoms with Gasteiger partial charge >= 0.3 is 0 Å². The molecule has 4 aromatic rings. The third-order valence-electron chi connectivity index (χ3n) is 4.45. The number of pyridine rings is 1. The zero-order valence-corrected chi connectivity index (χ0v) is 18.4. The van der Waals surface area contributed by atoms with Crippen molar-refractivity contribution in [3.05, 3.63) is 42.6 Å². The predicted molar refractivity (Wildman–Crippen MR) is 118 cm³/mol. The molecule has 32 heavy (non-hydrogen) atoms. The van der Waals surface area contributed by atoms with Gasteiger partial charge in [-0.05, 0) is 25.1 Å². The van der Waals surface area contributed by atoms with Crippen molar-refractivity contribution in [2.45, 2.75) is 6.92 Å². The van der Waals surface area contributed by atoms with Gasteiger partial charge in [-0.2, -0.15) is 0 Å². The van der Waals surface area contributed by atoms with Crippen LogP contribution in [0.3, 0.4) is 0 Å². The van der Waals surface area contributed by atoms with Crippen LogP contribution in [0.1, 0.15) is 6.92 Å². The number of hydrogen-bond donors (Lipinski definition) is 2. The molecule has 0 saturated carbocycles. The van der Waals surface area contributed by atoms with Crippen LogP contribution in [0.5, 0.6) is 17.4 Å². The molecular weight excluding hydrogens is 436 g/mol. The quantitative estimate of drug-likeness (QED) is 0.383. The summed E-state index contributed by atoms with van der Waals surface area (Å²) in [4.78, 5) is 17.8. The molecule has 3 aromatic heterocycles. The molecule has 0 saturated heterocycles. The Labute approximate surface area is 185 Å². The Morgan fingerprint density at radius 3 is 2.38 bits per heavy atom. The van der Waals surface area contributed by atoms with E-state index in [1.165, 1.54) is 20.4 Å². The fourth-order valence-electron chi connectivity index (χ4n) is 3.20. The van der Waals surface area contributed by atoms with Gasteiger partial charge in [-0.3, -0.25) is 9.29 Å².